The third kappa shape index (κ3) is 2.57. The summed E-state index contributed by atoms with van der Waals surface area (Å²) in [6, 6.07) is 4.87. The molecule has 2 aliphatic rings. The maximum atomic E-state index is 5.57. The molecule has 4 heteroatoms. The number of ether oxygens (including phenoxy) is 3. The molecule has 2 fully saturated rings. The predicted octanol–water partition coefficient (Wildman–Crippen LogP) is 2.57. The van der Waals surface area contributed by atoms with Gasteiger partial charge in [0.2, 0.25) is 5.75 Å². The van der Waals surface area contributed by atoms with E-state index >= 15 is 0 Å². The van der Waals surface area contributed by atoms with E-state index in [-0.39, 0.29) is 0 Å². The van der Waals surface area contributed by atoms with Gasteiger partial charge in [-0.3, -0.25) is 0 Å². The first-order valence-corrected chi connectivity index (χ1v) is 7.30. The van der Waals surface area contributed by atoms with Gasteiger partial charge in [0.1, 0.15) is 0 Å². The first-order chi connectivity index (χ1) is 9.78. The minimum atomic E-state index is 0.580. The Labute approximate surface area is 120 Å². The quantitative estimate of drug-likeness (QED) is 0.831. The molecule has 2 atom stereocenters. The van der Waals surface area contributed by atoms with E-state index in [1.54, 1.807) is 21.3 Å². The Morgan fingerprint density at radius 2 is 1.80 bits per heavy atom. The van der Waals surface area contributed by atoms with Gasteiger partial charge in [-0.25, -0.2) is 0 Å². The Morgan fingerprint density at radius 3 is 2.40 bits per heavy atom. The summed E-state index contributed by atoms with van der Waals surface area (Å²) in [5.41, 5.74) is 1.24. The van der Waals surface area contributed by atoms with E-state index in [9.17, 15) is 0 Å². The second-order valence-corrected chi connectivity index (χ2v) is 5.71. The van der Waals surface area contributed by atoms with Crippen LogP contribution in [0, 0.1) is 5.92 Å². The third-order valence-electron chi connectivity index (χ3n) is 4.30. The third-order valence-corrected chi connectivity index (χ3v) is 4.30. The first-order valence-electron chi connectivity index (χ1n) is 7.30. The van der Waals surface area contributed by atoms with Crippen molar-refractivity contribution in [2.75, 3.05) is 27.9 Å². The van der Waals surface area contributed by atoms with Crippen molar-refractivity contribution >= 4 is 0 Å². The van der Waals surface area contributed by atoms with Gasteiger partial charge < -0.3 is 19.5 Å². The van der Waals surface area contributed by atoms with Crippen LogP contribution < -0.4 is 19.5 Å². The molecule has 1 N–H and O–H groups in total. The predicted molar refractivity (Wildman–Crippen MR) is 78.0 cm³/mol. The fraction of sp³-hybridized carbons (Fsp3) is 0.625. The lowest BCUT2D eigenvalue weighted by Gasteiger charge is -2.15. The summed E-state index contributed by atoms with van der Waals surface area (Å²) in [6.45, 7) is 1.12. The molecule has 3 rings (SSSR count). The van der Waals surface area contributed by atoms with Crippen molar-refractivity contribution in [1.82, 2.24) is 5.32 Å². The monoisotopic (exact) mass is 277 g/mol. The van der Waals surface area contributed by atoms with Gasteiger partial charge >= 0.3 is 0 Å². The summed E-state index contributed by atoms with van der Waals surface area (Å²) < 4.78 is 16.4. The molecular weight excluding hydrogens is 254 g/mol. The van der Waals surface area contributed by atoms with Crippen molar-refractivity contribution < 1.29 is 14.2 Å². The Morgan fingerprint density at radius 1 is 1.05 bits per heavy atom. The largest absolute Gasteiger partial charge is 0.493 e. The van der Waals surface area contributed by atoms with E-state index in [4.69, 9.17) is 14.2 Å². The summed E-state index contributed by atoms with van der Waals surface area (Å²) in [6.07, 6.45) is 3.92. The van der Waals surface area contributed by atoms with Gasteiger partial charge in [0.15, 0.2) is 11.5 Å². The van der Waals surface area contributed by atoms with E-state index in [1.807, 2.05) is 6.07 Å². The summed E-state index contributed by atoms with van der Waals surface area (Å²) >= 11 is 0. The normalized spacial score (nSPS) is 24.4. The molecular formula is C16H23NO3. The summed E-state index contributed by atoms with van der Waals surface area (Å²) in [7, 11) is 5.00. The molecule has 1 aromatic carbocycles. The maximum absolute atomic E-state index is 5.57. The maximum Gasteiger partial charge on any atom is 0.203 e. The lowest BCUT2D eigenvalue weighted by atomic mass is 10.1. The van der Waals surface area contributed by atoms with Crippen LogP contribution in [0.2, 0.25) is 0 Å². The fourth-order valence-corrected chi connectivity index (χ4v) is 2.88. The minimum absolute atomic E-state index is 0.580. The zero-order chi connectivity index (χ0) is 14.1. The van der Waals surface area contributed by atoms with Gasteiger partial charge in [0.25, 0.3) is 0 Å². The van der Waals surface area contributed by atoms with E-state index in [0.717, 1.165) is 30.0 Å². The molecule has 1 aromatic rings. The number of nitrogens with one attached hydrogen (secondary N) is 1. The van der Waals surface area contributed by atoms with Crippen molar-refractivity contribution in [3.63, 3.8) is 0 Å². The zero-order valence-corrected chi connectivity index (χ0v) is 12.4. The van der Waals surface area contributed by atoms with Gasteiger partial charge in [0.05, 0.1) is 21.3 Å². The Balaban J connectivity index is 1.75. The molecule has 0 radical (unpaired) electrons. The number of hydrogen-bond donors (Lipinski definition) is 1. The minimum Gasteiger partial charge on any atom is -0.493 e. The lowest BCUT2D eigenvalue weighted by molar-refractivity contribution is 0.322. The molecule has 0 amide bonds. The molecule has 0 aromatic heterocycles. The average Bonchev–Trinajstić information content (AvgIpc) is 3.37. The summed E-state index contributed by atoms with van der Waals surface area (Å²) in [4.78, 5) is 0. The zero-order valence-electron chi connectivity index (χ0n) is 12.4. The number of hydrogen-bond acceptors (Lipinski definition) is 4. The SMILES string of the molecule is COc1ccc(C2CC2CNC2CC2)c(OC)c1OC. The second-order valence-electron chi connectivity index (χ2n) is 5.71. The van der Waals surface area contributed by atoms with Gasteiger partial charge in [-0.2, -0.15) is 0 Å². The topological polar surface area (TPSA) is 39.7 Å². The van der Waals surface area contributed by atoms with Crippen molar-refractivity contribution in [2.24, 2.45) is 5.92 Å². The van der Waals surface area contributed by atoms with E-state index < -0.39 is 0 Å². The molecule has 2 saturated carbocycles. The highest BCUT2D eigenvalue weighted by atomic mass is 16.5. The van der Waals surface area contributed by atoms with Crippen molar-refractivity contribution in [3.05, 3.63) is 17.7 Å². The van der Waals surface area contributed by atoms with Crippen LogP contribution in [0.25, 0.3) is 0 Å². The molecule has 0 bridgehead atoms. The number of benzene rings is 1. The number of rotatable bonds is 7. The van der Waals surface area contributed by atoms with Crippen LogP contribution in [-0.4, -0.2) is 33.9 Å². The molecule has 20 heavy (non-hydrogen) atoms. The Kier molecular flexibility index (Phi) is 3.74. The standard InChI is InChI=1S/C16H23NO3/c1-18-14-7-6-12(15(19-2)16(14)20-3)13-8-10(13)9-17-11-4-5-11/h6-7,10-11,13,17H,4-5,8-9H2,1-3H3. The molecule has 2 unspecified atom stereocenters. The summed E-state index contributed by atoms with van der Waals surface area (Å²) in [5, 5.41) is 3.61. The van der Waals surface area contributed by atoms with Crippen LogP contribution in [0.4, 0.5) is 0 Å². The van der Waals surface area contributed by atoms with Crippen LogP contribution in [0.1, 0.15) is 30.7 Å². The molecule has 110 valence electrons. The molecule has 0 saturated heterocycles. The first kappa shape index (κ1) is 13.6. The van der Waals surface area contributed by atoms with Crippen molar-refractivity contribution in [2.45, 2.75) is 31.2 Å². The smallest absolute Gasteiger partial charge is 0.203 e. The van der Waals surface area contributed by atoms with Gasteiger partial charge in [-0.15, -0.1) is 0 Å². The van der Waals surface area contributed by atoms with Crippen molar-refractivity contribution in [1.29, 1.82) is 0 Å². The van der Waals surface area contributed by atoms with Crippen LogP contribution in [0.3, 0.4) is 0 Å². The van der Waals surface area contributed by atoms with Crippen LogP contribution in [0.5, 0.6) is 17.2 Å². The van der Waals surface area contributed by atoms with Gasteiger partial charge in [-0.1, -0.05) is 6.07 Å². The highest BCUT2D eigenvalue weighted by Gasteiger charge is 2.41. The molecule has 4 nitrogen and oxygen atoms in total. The van der Waals surface area contributed by atoms with E-state index in [1.165, 1.54) is 24.8 Å². The van der Waals surface area contributed by atoms with Crippen LogP contribution in [-0.2, 0) is 0 Å². The van der Waals surface area contributed by atoms with Crippen LogP contribution in [0.15, 0.2) is 12.1 Å². The average molecular weight is 277 g/mol. The second kappa shape index (κ2) is 5.52. The lowest BCUT2D eigenvalue weighted by Crippen LogP contribution is -2.19. The Hall–Kier alpha value is -1.42. The fourth-order valence-electron chi connectivity index (χ4n) is 2.88. The Bertz CT molecular complexity index is 485. The molecule has 2 aliphatic carbocycles. The number of methoxy groups -OCH3 is 3. The highest BCUT2D eigenvalue weighted by Crippen LogP contribution is 2.53. The highest BCUT2D eigenvalue weighted by molar-refractivity contribution is 5.57. The van der Waals surface area contributed by atoms with Gasteiger partial charge in [0, 0.05) is 11.6 Å². The van der Waals surface area contributed by atoms with E-state index in [0.29, 0.717) is 11.7 Å². The van der Waals surface area contributed by atoms with Gasteiger partial charge in [-0.05, 0) is 43.7 Å². The van der Waals surface area contributed by atoms with Crippen LogP contribution >= 0.6 is 0 Å². The molecule has 0 heterocycles. The summed E-state index contributed by atoms with van der Waals surface area (Å²) in [5.74, 6) is 3.55. The van der Waals surface area contributed by atoms with E-state index in [2.05, 4.69) is 11.4 Å². The van der Waals surface area contributed by atoms with Crippen molar-refractivity contribution in [3.8, 4) is 17.2 Å². The molecule has 0 aliphatic heterocycles. The molecule has 0 spiro atoms.